The Labute approximate surface area is 103 Å². The van der Waals surface area contributed by atoms with Gasteiger partial charge in [-0.25, -0.2) is 0 Å². The Morgan fingerprint density at radius 1 is 1.33 bits per heavy atom. The lowest BCUT2D eigenvalue weighted by Crippen LogP contribution is -2.42. The Morgan fingerprint density at radius 3 is 2.53 bits per heavy atom. The topological polar surface area (TPSA) is 33.1 Å². The van der Waals surface area contributed by atoms with E-state index in [1.807, 2.05) is 17.9 Å². The average Bonchev–Trinajstić information content (AvgIpc) is 2.53. The SMILES string of the molecule is Cl.Cl.Cn1cc(CN2CCNCC2)cn1. The quantitative estimate of drug-likeness (QED) is 0.841. The molecule has 0 atom stereocenters. The molecule has 88 valence electrons. The standard InChI is InChI=1S/C9H16N4.2ClH/c1-12-7-9(6-11-12)8-13-4-2-10-3-5-13;;/h6-7,10H,2-5,8H2,1H3;2*1H. The zero-order valence-electron chi connectivity index (χ0n) is 8.85. The summed E-state index contributed by atoms with van der Waals surface area (Å²) in [6.45, 7) is 5.56. The number of rotatable bonds is 2. The van der Waals surface area contributed by atoms with E-state index in [-0.39, 0.29) is 24.8 Å². The Balaban J connectivity index is 0.000000980. The summed E-state index contributed by atoms with van der Waals surface area (Å²) >= 11 is 0. The van der Waals surface area contributed by atoms with Crippen molar-refractivity contribution in [1.82, 2.24) is 20.0 Å². The van der Waals surface area contributed by atoms with Crippen LogP contribution in [0.2, 0.25) is 0 Å². The third kappa shape index (κ3) is 4.38. The molecule has 0 aromatic carbocycles. The molecule has 1 saturated heterocycles. The molecule has 0 radical (unpaired) electrons. The highest BCUT2D eigenvalue weighted by Gasteiger charge is 2.10. The zero-order valence-corrected chi connectivity index (χ0v) is 10.5. The average molecular weight is 253 g/mol. The second-order valence-electron chi connectivity index (χ2n) is 3.55. The van der Waals surface area contributed by atoms with Crippen molar-refractivity contribution in [2.24, 2.45) is 7.05 Å². The van der Waals surface area contributed by atoms with Gasteiger partial charge in [0.1, 0.15) is 0 Å². The number of nitrogens with one attached hydrogen (secondary N) is 1. The second-order valence-corrected chi connectivity index (χ2v) is 3.55. The van der Waals surface area contributed by atoms with Crippen LogP contribution >= 0.6 is 24.8 Å². The minimum Gasteiger partial charge on any atom is -0.314 e. The highest BCUT2D eigenvalue weighted by Crippen LogP contribution is 2.03. The van der Waals surface area contributed by atoms with Crippen LogP contribution in [0.15, 0.2) is 12.4 Å². The van der Waals surface area contributed by atoms with E-state index >= 15 is 0 Å². The third-order valence-electron chi connectivity index (χ3n) is 2.37. The van der Waals surface area contributed by atoms with Gasteiger partial charge in [-0.05, 0) is 0 Å². The minimum absolute atomic E-state index is 0. The summed E-state index contributed by atoms with van der Waals surface area (Å²) < 4.78 is 1.86. The lowest BCUT2D eigenvalue weighted by atomic mass is 10.3. The van der Waals surface area contributed by atoms with Gasteiger partial charge in [0.05, 0.1) is 6.20 Å². The van der Waals surface area contributed by atoms with E-state index in [1.165, 1.54) is 5.56 Å². The molecule has 0 spiro atoms. The number of hydrogen-bond donors (Lipinski definition) is 1. The van der Waals surface area contributed by atoms with Gasteiger partial charge in [0.2, 0.25) is 0 Å². The van der Waals surface area contributed by atoms with Crippen molar-refractivity contribution < 1.29 is 0 Å². The first-order valence-corrected chi connectivity index (χ1v) is 4.75. The molecule has 2 heterocycles. The lowest BCUT2D eigenvalue weighted by molar-refractivity contribution is 0.233. The van der Waals surface area contributed by atoms with E-state index in [4.69, 9.17) is 0 Å². The predicted molar refractivity (Wildman–Crippen MR) is 65.9 cm³/mol. The molecule has 0 bridgehead atoms. The molecule has 4 nitrogen and oxygen atoms in total. The van der Waals surface area contributed by atoms with Crippen LogP contribution in [0.5, 0.6) is 0 Å². The summed E-state index contributed by atoms with van der Waals surface area (Å²) in [5.41, 5.74) is 1.31. The fourth-order valence-corrected chi connectivity index (χ4v) is 1.68. The van der Waals surface area contributed by atoms with Crippen LogP contribution in [0.1, 0.15) is 5.56 Å². The molecule has 1 aromatic heterocycles. The van der Waals surface area contributed by atoms with Crippen molar-refractivity contribution >= 4 is 24.8 Å². The number of aromatic nitrogens is 2. The first kappa shape index (κ1) is 14.7. The molecule has 15 heavy (non-hydrogen) atoms. The van der Waals surface area contributed by atoms with Crippen molar-refractivity contribution in [1.29, 1.82) is 0 Å². The smallest absolute Gasteiger partial charge is 0.0534 e. The van der Waals surface area contributed by atoms with Crippen LogP contribution in [0.25, 0.3) is 0 Å². The van der Waals surface area contributed by atoms with Gasteiger partial charge >= 0.3 is 0 Å². The number of halogens is 2. The largest absolute Gasteiger partial charge is 0.314 e. The van der Waals surface area contributed by atoms with Gasteiger partial charge in [-0.15, -0.1) is 24.8 Å². The van der Waals surface area contributed by atoms with Crippen molar-refractivity contribution in [3.8, 4) is 0 Å². The van der Waals surface area contributed by atoms with Gasteiger partial charge in [-0.2, -0.15) is 5.10 Å². The Morgan fingerprint density at radius 2 is 2.00 bits per heavy atom. The monoisotopic (exact) mass is 252 g/mol. The molecule has 0 unspecified atom stereocenters. The molecular weight excluding hydrogens is 235 g/mol. The van der Waals surface area contributed by atoms with E-state index in [2.05, 4.69) is 21.5 Å². The molecule has 2 rings (SSSR count). The third-order valence-corrected chi connectivity index (χ3v) is 2.37. The molecule has 1 N–H and O–H groups in total. The van der Waals surface area contributed by atoms with E-state index in [9.17, 15) is 0 Å². The molecule has 0 saturated carbocycles. The van der Waals surface area contributed by atoms with Crippen molar-refractivity contribution in [3.05, 3.63) is 18.0 Å². The normalized spacial score (nSPS) is 16.6. The van der Waals surface area contributed by atoms with Gasteiger partial charge in [-0.1, -0.05) is 0 Å². The Kier molecular flexibility index (Phi) is 6.92. The van der Waals surface area contributed by atoms with Crippen molar-refractivity contribution in [3.63, 3.8) is 0 Å². The molecule has 6 heteroatoms. The summed E-state index contributed by atoms with van der Waals surface area (Å²) in [7, 11) is 1.96. The molecular formula is C9H18Cl2N4. The highest BCUT2D eigenvalue weighted by atomic mass is 35.5. The molecule has 1 aliphatic heterocycles. The maximum atomic E-state index is 4.16. The fraction of sp³-hybridized carbons (Fsp3) is 0.667. The van der Waals surface area contributed by atoms with Gasteiger partial charge in [0.25, 0.3) is 0 Å². The predicted octanol–water partition coefficient (Wildman–Crippen LogP) is 0.669. The fourth-order valence-electron chi connectivity index (χ4n) is 1.68. The van der Waals surface area contributed by atoms with Crippen LogP contribution in [0, 0.1) is 0 Å². The Bertz CT molecular complexity index is 271. The summed E-state index contributed by atoms with van der Waals surface area (Å²) in [4.78, 5) is 2.45. The first-order chi connectivity index (χ1) is 6.34. The first-order valence-electron chi connectivity index (χ1n) is 4.75. The summed E-state index contributed by atoms with van der Waals surface area (Å²) in [6, 6.07) is 0. The van der Waals surface area contributed by atoms with Crippen LogP contribution < -0.4 is 5.32 Å². The minimum atomic E-state index is 0. The zero-order chi connectivity index (χ0) is 9.10. The van der Waals surface area contributed by atoms with Crippen molar-refractivity contribution in [2.75, 3.05) is 26.2 Å². The van der Waals surface area contributed by atoms with Gasteiger partial charge < -0.3 is 5.32 Å². The maximum Gasteiger partial charge on any atom is 0.0534 e. The molecule has 0 amide bonds. The number of hydrogen-bond acceptors (Lipinski definition) is 3. The summed E-state index contributed by atoms with van der Waals surface area (Å²) in [5.74, 6) is 0. The molecule has 0 aliphatic carbocycles. The van der Waals surface area contributed by atoms with E-state index in [1.54, 1.807) is 0 Å². The van der Waals surface area contributed by atoms with Crippen LogP contribution in [0.4, 0.5) is 0 Å². The van der Waals surface area contributed by atoms with Crippen LogP contribution in [0.3, 0.4) is 0 Å². The second kappa shape index (κ2) is 7.06. The van der Waals surface area contributed by atoms with Crippen molar-refractivity contribution in [2.45, 2.75) is 6.54 Å². The summed E-state index contributed by atoms with van der Waals surface area (Å²) in [5, 5.41) is 7.50. The van der Waals surface area contributed by atoms with Gasteiger partial charge in [0, 0.05) is 51.5 Å². The molecule has 1 aromatic rings. The van der Waals surface area contributed by atoms with Gasteiger partial charge in [-0.3, -0.25) is 9.58 Å². The molecule has 1 aliphatic rings. The maximum absolute atomic E-state index is 4.16. The summed E-state index contributed by atoms with van der Waals surface area (Å²) in [6.07, 6.45) is 4.03. The van der Waals surface area contributed by atoms with E-state index in [0.29, 0.717) is 0 Å². The molecule has 1 fully saturated rings. The lowest BCUT2D eigenvalue weighted by Gasteiger charge is -2.26. The number of nitrogens with zero attached hydrogens (tertiary/aromatic N) is 3. The number of aryl methyl sites for hydroxylation is 1. The van der Waals surface area contributed by atoms with E-state index < -0.39 is 0 Å². The van der Waals surface area contributed by atoms with Crippen LogP contribution in [-0.4, -0.2) is 40.9 Å². The van der Waals surface area contributed by atoms with E-state index in [0.717, 1.165) is 32.7 Å². The van der Waals surface area contributed by atoms with Crippen LogP contribution in [-0.2, 0) is 13.6 Å². The highest BCUT2D eigenvalue weighted by molar-refractivity contribution is 5.85. The Hall–Kier alpha value is -0.290. The number of piperazine rings is 1. The van der Waals surface area contributed by atoms with Gasteiger partial charge in [0.15, 0.2) is 0 Å².